The molecule has 0 bridgehead atoms. The Bertz CT molecular complexity index is 1430. The minimum absolute atomic E-state index is 0.0130. The van der Waals surface area contributed by atoms with Gasteiger partial charge in [0.05, 0.1) is 0 Å². The molecule has 12 nitrogen and oxygen atoms in total. The Hall–Kier alpha value is -4.61. The molecular formula is C36H52N4O8. The average molecular weight is 669 g/mol. The average Bonchev–Trinajstić information content (AvgIpc) is 2.97. The molecule has 12 heteroatoms. The number of rotatable bonds is 14. The highest BCUT2D eigenvalue weighted by molar-refractivity contribution is 5.94. The number of alkyl carbamates (subject to hydrolysis) is 1. The number of esters is 1. The van der Waals surface area contributed by atoms with Crippen molar-refractivity contribution in [3.8, 4) is 5.75 Å². The molecule has 4 atom stereocenters. The molecule has 0 aliphatic carbocycles. The normalized spacial score (nSPS) is 14.1. The number of carbonyl (C=O) groups excluding carboxylic acids is 5. The topological polar surface area (TPSA) is 177 Å². The molecule has 5 N–H and O–H groups in total. The molecule has 48 heavy (non-hydrogen) atoms. The number of hydrogen-bond donors (Lipinski definition) is 4. The van der Waals surface area contributed by atoms with E-state index in [4.69, 9.17) is 15.2 Å². The van der Waals surface area contributed by atoms with E-state index in [0.29, 0.717) is 17.5 Å². The van der Waals surface area contributed by atoms with Crippen molar-refractivity contribution >= 4 is 29.8 Å². The largest absolute Gasteiger partial charge is 0.508 e. The van der Waals surface area contributed by atoms with Gasteiger partial charge in [-0.05, 0) is 97.1 Å². The van der Waals surface area contributed by atoms with Crippen molar-refractivity contribution in [2.45, 2.75) is 123 Å². The van der Waals surface area contributed by atoms with Crippen LogP contribution in [0.2, 0.25) is 0 Å². The molecule has 0 spiro atoms. The Morgan fingerprint density at radius 2 is 1.50 bits per heavy atom. The number of aromatic hydroxyl groups is 1. The maximum Gasteiger partial charge on any atom is 0.408 e. The summed E-state index contributed by atoms with van der Waals surface area (Å²) in [6.45, 7) is 15.4. The summed E-state index contributed by atoms with van der Waals surface area (Å²) in [5.41, 5.74) is 5.27. The Morgan fingerprint density at radius 3 is 2.02 bits per heavy atom. The van der Waals surface area contributed by atoms with Crippen LogP contribution in [0.3, 0.4) is 0 Å². The number of aryl methyl sites for hydroxylation is 1. The van der Waals surface area contributed by atoms with Gasteiger partial charge >= 0.3 is 12.1 Å². The quantitative estimate of drug-likeness (QED) is 0.211. The zero-order valence-corrected chi connectivity index (χ0v) is 29.6. The van der Waals surface area contributed by atoms with Crippen LogP contribution in [0.1, 0.15) is 97.4 Å². The van der Waals surface area contributed by atoms with Crippen molar-refractivity contribution in [1.29, 1.82) is 0 Å². The van der Waals surface area contributed by atoms with Crippen LogP contribution in [0.5, 0.6) is 5.75 Å². The predicted molar refractivity (Wildman–Crippen MR) is 182 cm³/mol. The van der Waals surface area contributed by atoms with Crippen LogP contribution in [0, 0.1) is 6.92 Å². The maximum absolute atomic E-state index is 14.5. The fraction of sp³-hybridized carbons (Fsp3) is 0.528. The fourth-order valence-electron chi connectivity index (χ4n) is 4.92. The van der Waals surface area contributed by atoms with Crippen LogP contribution in [-0.2, 0) is 35.1 Å². The molecule has 0 saturated carbocycles. The SMILES string of the molecule is CCC(C)N(C(=O)C(CCC(N)=O)NC(=O)OC(C)(C)C)C(C(=O)NC(Cc1ccccc1)C(=O)OC(C)(C)C)c1ccc(O)c(C)c1. The molecular weight excluding hydrogens is 616 g/mol. The number of phenolic OH excluding ortho intramolecular Hbond substituents is 1. The van der Waals surface area contributed by atoms with Crippen molar-refractivity contribution in [2.24, 2.45) is 5.73 Å². The van der Waals surface area contributed by atoms with Crippen molar-refractivity contribution in [3.63, 3.8) is 0 Å². The standard InChI is InChI=1S/C36H52N4O8/c1-10-23(3)40(32(44)26(17-19-29(37)42)39-34(46)48-36(7,8)9)30(25-16-18-28(41)22(2)20-25)31(43)38-27(33(45)47-35(4,5)6)21-24-14-12-11-13-15-24/h11-16,18,20,23,26-27,30,41H,10,17,19,21H2,1-9H3,(H2,37,42)(H,38,43)(H,39,46). The molecule has 2 rings (SSSR count). The Labute approximate surface area is 283 Å². The van der Waals surface area contributed by atoms with Crippen molar-refractivity contribution in [2.75, 3.05) is 0 Å². The summed E-state index contributed by atoms with van der Waals surface area (Å²) in [5.74, 6) is -2.71. The molecule has 4 unspecified atom stereocenters. The molecule has 0 heterocycles. The van der Waals surface area contributed by atoms with Gasteiger partial charge in [0.25, 0.3) is 0 Å². The summed E-state index contributed by atoms with van der Waals surface area (Å²) < 4.78 is 11.1. The first-order chi connectivity index (χ1) is 22.2. The lowest BCUT2D eigenvalue weighted by Gasteiger charge is -2.39. The van der Waals surface area contributed by atoms with Gasteiger partial charge in [-0.2, -0.15) is 0 Å². The third kappa shape index (κ3) is 12.5. The number of nitrogens with one attached hydrogen (secondary N) is 2. The first-order valence-electron chi connectivity index (χ1n) is 16.2. The number of phenols is 1. The second-order valence-electron chi connectivity index (χ2n) is 13.9. The maximum atomic E-state index is 14.5. The van der Waals surface area contributed by atoms with E-state index < -0.39 is 65.2 Å². The molecule has 0 fully saturated rings. The third-order valence-corrected chi connectivity index (χ3v) is 7.34. The lowest BCUT2D eigenvalue weighted by atomic mass is 9.96. The van der Waals surface area contributed by atoms with Crippen molar-refractivity contribution in [3.05, 3.63) is 65.2 Å². The number of nitrogens with zero attached hydrogens (tertiary/aromatic N) is 1. The van der Waals surface area contributed by atoms with Gasteiger partial charge < -0.3 is 35.8 Å². The van der Waals surface area contributed by atoms with Gasteiger partial charge in [-0.1, -0.05) is 43.3 Å². The number of hydrogen-bond acceptors (Lipinski definition) is 8. The van der Waals surface area contributed by atoms with Gasteiger partial charge in [0.1, 0.15) is 35.1 Å². The number of primary amides is 1. The van der Waals surface area contributed by atoms with E-state index in [1.54, 1.807) is 61.5 Å². The minimum atomic E-state index is -1.33. The Kier molecular flexibility index (Phi) is 14.0. The summed E-state index contributed by atoms with van der Waals surface area (Å²) >= 11 is 0. The van der Waals surface area contributed by atoms with E-state index in [-0.39, 0.29) is 25.0 Å². The lowest BCUT2D eigenvalue weighted by molar-refractivity contribution is -0.159. The summed E-state index contributed by atoms with van der Waals surface area (Å²) in [4.78, 5) is 68.5. The molecule has 264 valence electrons. The zero-order valence-electron chi connectivity index (χ0n) is 29.6. The summed E-state index contributed by atoms with van der Waals surface area (Å²) in [7, 11) is 0. The Balaban J connectivity index is 2.69. The van der Waals surface area contributed by atoms with Crippen molar-refractivity contribution in [1.82, 2.24) is 15.5 Å². The summed E-state index contributed by atoms with van der Waals surface area (Å²) in [6.07, 6.45) is -0.753. The van der Waals surface area contributed by atoms with Gasteiger partial charge in [-0.15, -0.1) is 0 Å². The molecule has 4 amide bonds. The highest BCUT2D eigenvalue weighted by Crippen LogP contribution is 2.30. The van der Waals surface area contributed by atoms with Crippen molar-refractivity contribution < 1.29 is 38.6 Å². The number of ether oxygens (including phenoxy) is 2. The van der Waals surface area contributed by atoms with E-state index in [1.807, 2.05) is 37.3 Å². The number of benzene rings is 2. The molecule has 0 aliphatic rings. The molecule has 0 aromatic heterocycles. The molecule has 0 aliphatic heterocycles. The summed E-state index contributed by atoms with van der Waals surface area (Å²) in [5, 5.41) is 15.7. The molecule has 2 aromatic rings. The van der Waals surface area contributed by atoms with Crippen LogP contribution in [0.4, 0.5) is 4.79 Å². The zero-order chi connectivity index (χ0) is 36.4. The predicted octanol–water partition coefficient (Wildman–Crippen LogP) is 4.60. The van der Waals surface area contributed by atoms with E-state index in [1.165, 1.54) is 17.0 Å². The molecule has 0 radical (unpaired) electrons. The van der Waals surface area contributed by atoms with Crippen LogP contribution < -0.4 is 16.4 Å². The van der Waals surface area contributed by atoms with E-state index >= 15 is 0 Å². The van der Waals surface area contributed by atoms with E-state index in [0.717, 1.165) is 5.56 Å². The lowest BCUT2D eigenvalue weighted by Crippen LogP contribution is -2.57. The van der Waals surface area contributed by atoms with Crippen LogP contribution in [-0.4, -0.2) is 69.1 Å². The second-order valence-corrected chi connectivity index (χ2v) is 13.9. The van der Waals surface area contributed by atoms with Gasteiger partial charge in [0.15, 0.2) is 0 Å². The number of carbonyl (C=O) groups is 5. The number of amides is 4. The van der Waals surface area contributed by atoms with Gasteiger partial charge in [-0.3, -0.25) is 14.4 Å². The van der Waals surface area contributed by atoms with Crippen LogP contribution in [0.15, 0.2) is 48.5 Å². The third-order valence-electron chi connectivity index (χ3n) is 7.34. The molecule has 0 saturated heterocycles. The first-order valence-corrected chi connectivity index (χ1v) is 16.2. The van der Waals surface area contributed by atoms with Gasteiger partial charge in [0, 0.05) is 18.9 Å². The smallest absolute Gasteiger partial charge is 0.408 e. The minimum Gasteiger partial charge on any atom is -0.508 e. The first kappa shape index (κ1) is 39.6. The molecule has 2 aromatic carbocycles. The van der Waals surface area contributed by atoms with E-state index in [2.05, 4.69) is 10.6 Å². The van der Waals surface area contributed by atoms with Crippen LogP contribution in [0.25, 0.3) is 0 Å². The highest BCUT2D eigenvalue weighted by Gasteiger charge is 2.40. The summed E-state index contributed by atoms with van der Waals surface area (Å²) in [6, 6.07) is 9.33. The second kappa shape index (κ2) is 17.0. The highest BCUT2D eigenvalue weighted by atomic mass is 16.6. The monoisotopic (exact) mass is 668 g/mol. The Morgan fingerprint density at radius 1 is 0.896 bits per heavy atom. The van der Waals surface area contributed by atoms with Gasteiger partial charge in [-0.25, -0.2) is 9.59 Å². The van der Waals surface area contributed by atoms with Gasteiger partial charge in [0.2, 0.25) is 17.7 Å². The number of nitrogens with two attached hydrogens (primary N) is 1. The van der Waals surface area contributed by atoms with Crippen LogP contribution >= 0.6 is 0 Å². The fourth-order valence-corrected chi connectivity index (χ4v) is 4.92. The van der Waals surface area contributed by atoms with E-state index in [9.17, 15) is 29.1 Å².